The van der Waals surface area contributed by atoms with Crippen molar-refractivity contribution in [3.63, 3.8) is 0 Å². The van der Waals surface area contributed by atoms with Crippen LogP contribution in [-0.4, -0.2) is 39.0 Å². The number of carbonyl (C=O) groups is 1. The second kappa shape index (κ2) is 7.95. The van der Waals surface area contributed by atoms with Crippen LogP contribution in [0.25, 0.3) is 0 Å². The number of ether oxygens (including phenoxy) is 1. The number of piperidine rings is 1. The summed E-state index contributed by atoms with van der Waals surface area (Å²) in [6.45, 7) is 12.8. The van der Waals surface area contributed by atoms with Gasteiger partial charge in [-0.25, -0.2) is 4.79 Å². The van der Waals surface area contributed by atoms with E-state index in [1.54, 1.807) is 4.90 Å². The number of nitrogens with zero attached hydrogens (tertiary/aromatic N) is 1. The molecule has 1 aliphatic heterocycles. The van der Waals surface area contributed by atoms with E-state index in [4.69, 9.17) is 16.3 Å². The van der Waals surface area contributed by atoms with E-state index < -0.39 is 17.0 Å². The van der Waals surface area contributed by atoms with E-state index in [1.165, 1.54) is 0 Å². The van der Waals surface area contributed by atoms with Crippen molar-refractivity contribution in [3.05, 3.63) is 34.3 Å². The van der Waals surface area contributed by atoms with Crippen molar-refractivity contribution >= 4 is 29.1 Å². The van der Waals surface area contributed by atoms with Gasteiger partial charge in [0.1, 0.15) is 10.3 Å². The summed E-state index contributed by atoms with van der Waals surface area (Å²) in [6, 6.07) is 5.93. The molecule has 1 amide bonds. The third kappa shape index (κ3) is 4.87. The van der Waals surface area contributed by atoms with Crippen LogP contribution in [0, 0.1) is 5.41 Å². The summed E-state index contributed by atoms with van der Waals surface area (Å²) < 4.78 is 21.6. The Labute approximate surface area is 182 Å². The average molecular weight is 441 g/mol. The molecular weight excluding hydrogens is 408 g/mol. The quantitative estimate of drug-likeness (QED) is 0.656. The number of benzene rings is 1. The van der Waals surface area contributed by atoms with Crippen molar-refractivity contribution in [1.29, 1.82) is 0 Å². The number of amides is 1. The minimum Gasteiger partial charge on any atom is -0.598 e. The van der Waals surface area contributed by atoms with Gasteiger partial charge in [0.05, 0.1) is 6.04 Å². The third-order valence-electron chi connectivity index (χ3n) is 5.80. The van der Waals surface area contributed by atoms with Crippen molar-refractivity contribution in [1.82, 2.24) is 9.62 Å². The standard InChI is InChI=1S/C22H33ClN2O3S/c1-20(2,3)28-19(26)25-12-10-22(11-13-25)14-16-15(8-7-9-17(16)23)18(22)24-29(27)21(4,5)6/h7-9,18,24H,10-14H2,1-6H3/t18-,29?/m1/s1. The van der Waals surface area contributed by atoms with Gasteiger partial charge in [0.2, 0.25) is 0 Å². The Morgan fingerprint density at radius 1 is 1.24 bits per heavy atom. The highest BCUT2D eigenvalue weighted by molar-refractivity contribution is 7.90. The number of rotatable bonds is 2. The molecule has 1 saturated heterocycles. The molecule has 2 aliphatic rings. The molecule has 2 atom stereocenters. The van der Waals surface area contributed by atoms with Gasteiger partial charge in [0, 0.05) is 34.9 Å². The molecule has 1 aromatic rings. The largest absolute Gasteiger partial charge is 0.598 e. The van der Waals surface area contributed by atoms with Gasteiger partial charge in [-0.15, -0.1) is 4.72 Å². The predicted octanol–water partition coefficient (Wildman–Crippen LogP) is 5.01. The molecule has 1 fully saturated rings. The number of likely N-dealkylation sites (tertiary alicyclic amines) is 1. The van der Waals surface area contributed by atoms with E-state index in [0.717, 1.165) is 35.4 Å². The molecule has 29 heavy (non-hydrogen) atoms. The van der Waals surface area contributed by atoms with E-state index in [-0.39, 0.29) is 22.3 Å². The average Bonchev–Trinajstić information content (AvgIpc) is 2.88. The molecule has 0 saturated carbocycles. The van der Waals surface area contributed by atoms with Crippen molar-refractivity contribution in [2.75, 3.05) is 13.1 Å². The smallest absolute Gasteiger partial charge is 0.410 e. The molecule has 0 radical (unpaired) electrons. The van der Waals surface area contributed by atoms with Crippen LogP contribution in [-0.2, 0) is 22.5 Å². The van der Waals surface area contributed by atoms with Gasteiger partial charge in [0.25, 0.3) is 0 Å². The Hall–Kier alpha value is -0.950. The predicted molar refractivity (Wildman–Crippen MR) is 118 cm³/mol. The van der Waals surface area contributed by atoms with Crippen LogP contribution in [0.15, 0.2) is 18.2 Å². The first-order chi connectivity index (χ1) is 13.3. The fourth-order valence-corrected chi connectivity index (χ4v) is 5.41. The van der Waals surface area contributed by atoms with E-state index in [1.807, 2.05) is 53.7 Å². The van der Waals surface area contributed by atoms with Crippen LogP contribution in [0.2, 0.25) is 5.02 Å². The molecule has 1 spiro atoms. The van der Waals surface area contributed by atoms with Gasteiger partial charge < -0.3 is 14.2 Å². The first-order valence-corrected chi connectivity index (χ1v) is 11.8. The number of fused-ring (bicyclic) bond motifs is 1. The maximum atomic E-state index is 13.0. The number of halogens is 1. The molecule has 0 aromatic heterocycles. The molecule has 162 valence electrons. The lowest BCUT2D eigenvalue weighted by Gasteiger charge is -2.43. The molecule has 1 heterocycles. The molecule has 0 bridgehead atoms. The highest BCUT2D eigenvalue weighted by atomic mass is 35.5. The maximum Gasteiger partial charge on any atom is 0.410 e. The topological polar surface area (TPSA) is 64.6 Å². The van der Waals surface area contributed by atoms with Crippen LogP contribution in [0.4, 0.5) is 4.79 Å². The molecule has 3 rings (SSSR count). The number of nitrogens with one attached hydrogen (secondary N) is 1. The van der Waals surface area contributed by atoms with Gasteiger partial charge in [-0.2, -0.15) is 0 Å². The van der Waals surface area contributed by atoms with Gasteiger partial charge >= 0.3 is 6.09 Å². The zero-order chi connectivity index (χ0) is 21.6. The van der Waals surface area contributed by atoms with E-state index in [2.05, 4.69) is 10.8 Å². The minimum absolute atomic E-state index is 0.0444. The first kappa shape index (κ1) is 22.7. The van der Waals surface area contributed by atoms with E-state index in [0.29, 0.717) is 13.1 Å². The fourth-order valence-electron chi connectivity index (χ4n) is 4.22. The van der Waals surface area contributed by atoms with E-state index in [9.17, 15) is 9.35 Å². The van der Waals surface area contributed by atoms with Crippen LogP contribution in [0.1, 0.15) is 71.6 Å². The molecule has 1 aromatic carbocycles. The Morgan fingerprint density at radius 2 is 1.86 bits per heavy atom. The monoisotopic (exact) mass is 440 g/mol. The summed E-state index contributed by atoms with van der Waals surface area (Å²) in [4.78, 5) is 14.3. The summed E-state index contributed by atoms with van der Waals surface area (Å²) in [7, 11) is 0. The van der Waals surface area contributed by atoms with Crippen molar-refractivity contribution in [3.8, 4) is 0 Å². The number of hydrogen-bond acceptors (Lipinski definition) is 4. The van der Waals surface area contributed by atoms with Gasteiger partial charge in [0.15, 0.2) is 0 Å². The molecule has 1 N–H and O–H groups in total. The highest BCUT2D eigenvalue weighted by Gasteiger charge is 2.51. The molecule has 1 unspecified atom stereocenters. The van der Waals surface area contributed by atoms with Gasteiger partial charge in [-0.05, 0) is 78.0 Å². The van der Waals surface area contributed by atoms with Crippen molar-refractivity contribution in [2.45, 2.75) is 77.2 Å². The second-order valence-corrected chi connectivity index (χ2v) is 12.7. The zero-order valence-electron chi connectivity index (χ0n) is 18.3. The SMILES string of the molecule is CC(C)(C)OC(=O)N1CCC2(CC1)Cc1c(Cl)cccc1[C@H]2N[S+]([O-])C(C)(C)C. The Kier molecular flexibility index (Phi) is 6.23. The van der Waals surface area contributed by atoms with Crippen molar-refractivity contribution in [2.24, 2.45) is 5.41 Å². The summed E-state index contributed by atoms with van der Waals surface area (Å²) >= 11 is 5.33. The van der Waals surface area contributed by atoms with Crippen LogP contribution < -0.4 is 4.72 Å². The van der Waals surface area contributed by atoms with Gasteiger partial charge in [-0.1, -0.05) is 23.7 Å². The summed E-state index contributed by atoms with van der Waals surface area (Å²) in [6.07, 6.45) is 2.21. The lowest BCUT2D eigenvalue weighted by molar-refractivity contribution is 0.00716. The molecule has 7 heteroatoms. The lowest BCUT2D eigenvalue weighted by Crippen LogP contribution is -2.51. The van der Waals surface area contributed by atoms with Crippen LogP contribution in [0.3, 0.4) is 0 Å². The Balaban J connectivity index is 1.82. The molecule has 5 nitrogen and oxygen atoms in total. The summed E-state index contributed by atoms with van der Waals surface area (Å²) in [5.74, 6) is 0. The summed E-state index contributed by atoms with van der Waals surface area (Å²) in [5.41, 5.74) is 1.67. The van der Waals surface area contributed by atoms with Crippen LogP contribution in [0.5, 0.6) is 0 Å². The number of carbonyl (C=O) groups excluding carboxylic acids is 1. The number of hydrogen-bond donors (Lipinski definition) is 1. The van der Waals surface area contributed by atoms with Crippen molar-refractivity contribution < 1.29 is 14.1 Å². The summed E-state index contributed by atoms with van der Waals surface area (Å²) in [5, 5.41) is 0.766. The van der Waals surface area contributed by atoms with Crippen LogP contribution >= 0.6 is 11.6 Å². The fraction of sp³-hybridized carbons (Fsp3) is 0.682. The molecule has 1 aliphatic carbocycles. The van der Waals surface area contributed by atoms with E-state index >= 15 is 0 Å². The first-order valence-electron chi connectivity index (χ1n) is 10.3. The maximum absolute atomic E-state index is 13.0. The highest BCUT2D eigenvalue weighted by Crippen LogP contribution is 2.54. The normalized spacial score (nSPS) is 22.5. The van der Waals surface area contributed by atoms with Gasteiger partial charge in [-0.3, -0.25) is 0 Å². The minimum atomic E-state index is -1.20. The second-order valence-electron chi connectivity index (χ2n) is 10.2. The lowest BCUT2D eigenvalue weighted by atomic mass is 9.73. The zero-order valence-corrected chi connectivity index (χ0v) is 19.9. The Bertz CT molecular complexity index is 764. The third-order valence-corrected chi connectivity index (χ3v) is 7.72. The molecular formula is C22H33ClN2O3S. The Morgan fingerprint density at radius 3 is 2.41 bits per heavy atom.